The molecule has 130 valence electrons. The molecule has 1 atom stereocenters. The lowest BCUT2D eigenvalue weighted by molar-refractivity contribution is -0.122. The zero-order valence-corrected chi connectivity index (χ0v) is 14.1. The maximum Gasteiger partial charge on any atom is 0.291 e. The second-order valence-electron chi connectivity index (χ2n) is 6.38. The van der Waals surface area contributed by atoms with Gasteiger partial charge >= 0.3 is 0 Å². The van der Waals surface area contributed by atoms with Crippen molar-refractivity contribution in [1.82, 2.24) is 19.7 Å². The normalized spacial score (nSPS) is 17.4. The first-order chi connectivity index (χ1) is 12.1. The van der Waals surface area contributed by atoms with Crippen LogP contribution >= 0.6 is 0 Å². The van der Waals surface area contributed by atoms with Gasteiger partial charge < -0.3 is 14.6 Å². The van der Waals surface area contributed by atoms with Crippen LogP contribution in [-0.2, 0) is 23.1 Å². The highest BCUT2D eigenvalue weighted by molar-refractivity contribution is 6.07. The van der Waals surface area contributed by atoms with Gasteiger partial charge in [0.2, 0.25) is 5.91 Å². The third kappa shape index (κ3) is 2.80. The van der Waals surface area contributed by atoms with Crippen LogP contribution in [0.15, 0.2) is 35.3 Å². The van der Waals surface area contributed by atoms with Gasteiger partial charge in [0, 0.05) is 36.5 Å². The van der Waals surface area contributed by atoms with Crippen molar-refractivity contribution in [2.45, 2.75) is 25.5 Å². The summed E-state index contributed by atoms with van der Waals surface area (Å²) < 4.78 is 8.60. The van der Waals surface area contributed by atoms with Gasteiger partial charge in [-0.25, -0.2) is 4.68 Å². The zero-order valence-electron chi connectivity index (χ0n) is 14.1. The Morgan fingerprint density at radius 3 is 3.00 bits per heavy atom. The summed E-state index contributed by atoms with van der Waals surface area (Å²) in [5.41, 5.74) is 1.15. The Hall–Kier alpha value is -2.67. The number of amides is 1. The SMILES string of the molecule is Cn1ncc2c3ccccc3n(CC(=O)NC[C@H]3CCCO3)c2c1=O. The molecule has 1 fully saturated rings. The molecule has 1 N–H and O–H groups in total. The summed E-state index contributed by atoms with van der Waals surface area (Å²) in [4.78, 5) is 25.0. The summed E-state index contributed by atoms with van der Waals surface area (Å²) in [5, 5.41) is 8.72. The Balaban J connectivity index is 1.70. The molecule has 0 aliphatic carbocycles. The average molecular weight is 340 g/mol. The topological polar surface area (TPSA) is 78.2 Å². The summed E-state index contributed by atoms with van der Waals surface area (Å²) in [6.45, 7) is 1.36. The van der Waals surface area contributed by atoms with Crippen LogP contribution in [0.4, 0.5) is 0 Å². The second kappa shape index (κ2) is 6.33. The minimum Gasteiger partial charge on any atom is -0.376 e. The molecule has 2 aromatic heterocycles. The van der Waals surface area contributed by atoms with E-state index in [-0.39, 0.29) is 24.1 Å². The summed E-state index contributed by atoms with van der Waals surface area (Å²) in [6, 6.07) is 7.68. The van der Waals surface area contributed by atoms with Crippen LogP contribution in [0.1, 0.15) is 12.8 Å². The molecule has 0 unspecified atom stereocenters. The average Bonchev–Trinajstić information content (AvgIpc) is 3.24. The van der Waals surface area contributed by atoms with Gasteiger partial charge in [0.25, 0.3) is 5.56 Å². The van der Waals surface area contributed by atoms with Crippen molar-refractivity contribution in [3.63, 3.8) is 0 Å². The summed E-state index contributed by atoms with van der Waals surface area (Å²) in [6.07, 6.45) is 3.79. The fourth-order valence-corrected chi connectivity index (χ4v) is 3.44. The van der Waals surface area contributed by atoms with Gasteiger partial charge in [0.1, 0.15) is 12.1 Å². The van der Waals surface area contributed by atoms with Gasteiger partial charge in [-0.2, -0.15) is 5.10 Å². The Bertz CT molecular complexity index is 999. The van der Waals surface area contributed by atoms with Gasteiger partial charge in [-0.15, -0.1) is 0 Å². The number of nitrogens with zero attached hydrogens (tertiary/aromatic N) is 3. The van der Waals surface area contributed by atoms with Gasteiger partial charge in [-0.1, -0.05) is 18.2 Å². The van der Waals surface area contributed by atoms with Crippen LogP contribution in [0.5, 0.6) is 0 Å². The van der Waals surface area contributed by atoms with Crippen molar-refractivity contribution in [3.8, 4) is 0 Å². The molecule has 0 bridgehead atoms. The molecule has 1 aromatic carbocycles. The summed E-state index contributed by atoms with van der Waals surface area (Å²) in [5.74, 6) is -0.128. The molecule has 3 heterocycles. The van der Waals surface area contributed by atoms with E-state index < -0.39 is 0 Å². The van der Waals surface area contributed by atoms with Crippen molar-refractivity contribution in [1.29, 1.82) is 0 Å². The van der Waals surface area contributed by atoms with Crippen molar-refractivity contribution in [2.75, 3.05) is 13.2 Å². The van der Waals surface area contributed by atoms with Crippen LogP contribution in [0.25, 0.3) is 21.8 Å². The fraction of sp³-hybridized carbons (Fsp3) is 0.389. The molecule has 1 amide bonds. The molecule has 1 saturated heterocycles. The van der Waals surface area contributed by atoms with Gasteiger partial charge in [0.15, 0.2) is 0 Å². The number of hydrogen-bond donors (Lipinski definition) is 1. The fourth-order valence-electron chi connectivity index (χ4n) is 3.44. The smallest absolute Gasteiger partial charge is 0.291 e. The summed E-state index contributed by atoms with van der Waals surface area (Å²) in [7, 11) is 1.61. The molecule has 0 radical (unpaired) electrons. The number of nitrogens with one attached hydrogen (secondary N) is 1. The number of para-hydroxylation sites is 1. The Kier molecular flexibility index (Phi) is 4.01. The Morgan fingerprint density at radius 1 is 1.36 bits per heavy atom. The molecule has 4 rings (SSSR count). The first-order valence-electron chi connectivity index (χ1n) is 8.46. The van der Waals surface area contributed by atoms with E-state index in [0.29, 0.717) is 12.1 Å². The van der Waals surface area contributed by atoms with Crippen molar-refractivity contribution in [3.05, 3.63) is 40.8 Å². The predicted octanol–water partition coefficient (Wildman–Crippen LogP) is 1.18. The lowest BCUT2D eigenvalue weighted by Gasteiger charge is -2.12. The van der Waals surface area contributed by atoms with E-state index in [2.05, 4.69) is 10.4 Å². The molecule has 7 nitrogen and oxygen atoms in total. The monoisotopic (exact) mass is 340 g/mol. The number of aryl methyl sites for hydroxylation is 1. The van der Waals surface area contributed by atoms with Crippen LogP contribution in [-0.4, -0.2) is 39.5 Å². The first kappa shape index (κ1) is 15.8. The van der Waals surface area contributed by atoms with Crippen LogP contribution < -0.4 is 10.9 Å². The highest BCUT2D eigenvalue weighted by Crippen LogP contribution is 2.26. The predicted molar refractivity (Wildman–Crippen MR) is 94.5 cm³/mol. The minimum atomic E-state index is -0.208. The number of carbonyl (C=O) groups is 1. The van der Waals surface area contributed by atoms with Crippen LogP contribution in [0, 0.1) is 0 Å². The first-order valence-corrected chi connectivity index (χ1v) is 8.46. The molecule has 7 heteroatoms. The van der Waals surface area contributed by atoms with E-state index >= 15 is 0 Å². The molecule has 1 aliphatic rings. The summed E-state index contributed by atoms with van der Waals surface area (Å²) >= 11 is 0. The number of hydrogen-bond acceptors (Lipinski definition) is 4. The molecule has 0 spiro atoms. The second-order valence-corrected chi connectivity index (χ2v) is 6.38. The molecule has 1 aliphatic heterocycles. The number of rotatable bonds is 4. The number of ether oxygens (including phenoxy) is 1. The largest absolute Gasteiger partial charge is 0.376 e. The maximum atomic E-state index is 12.6. The third-order valence-corrected chi connectivity index (χ3v) is 4.72. The molecule has 0 saturated carbocycles. The quantitative estimate of drug-likeness (QED) is 0.774. The van der Waals surface area contributed by atoms with Crippen LogP contribution in [0.3, 0.4) is 0 Å². The minimum absolute atomic E-state index is 0.0932. The molecule has 3 aromatic rings. The van der Waals surface area contributed by atoms with Gasteiger partial charge in [-0.3, -0.25) is 9.59 Å². The lowest BCUT2D eigenvalue weighted by atomic mass is 10.2. The van der Waals surface area contributed by atoms with E-state index in [4.69, 9.17) is 4.74 Å². The molecular formula is C18H20N4O3. The number of carbonyl (C=O) groups excluding carboxylic acids is 1. The molecule has 25 heavy (non-hydrogen) atoms. The highest BCUT2D eigenvalue weighted by Gasteiger charge is 2.19. The lowest BCUT2D eigenvalue weighted by Crippen LogP contribution is -2.34. The Morgan fingerprint density at radius 2 is 2.20 bits per heavy atom. The highest BCUT2D eigenvalue weighted by atomic mass is 16.5. The van der Waals surface area contributed by atoms with E-state index in [1.165, 1.54) is 4.68 Å². The van der Waals surface area contributed by atoms with Crippen molar-refractivity contribution >= 4 is 27.7 Å². The Labute approximate surface area is 144 Å². The van der Waals surface area contributed by atoms with Crippen molar-refractivity contribution < 1.29 is 9.53 Å². The third-order valence-electron chi connectivity index (χ3n) is 4.72. The van der Waals surface area contributed by atoms with Crippen LogP contribution in [0.2, 0.25) is 0 Å². The van der Waals surface area contributed by atoms with E-state index in [1.807, 2.05) is 24.3 Å². The van der Waals surface area contributed by atoms with E-state index in [0.717, 1.165) is 35.7 Å². The van der Waals surface area contributed by atoms with E-state index in [9.17, 15) is 9.59 Å². The van der Waals surface area contributed by atoms with E-state index in [1.54, 1.807) is 17.8 Å². The van der Waals surface area contributed by atoms with Gasteiger partial charge in [-0.05, 0) is 18.9 Å². The molecular weight excluding hydrogens is 320 g/mol. The zero-order chi connectivity index (χ0) is 17.4. The number of aromatic nitrogens is 3. The van der Waals surface area contributed by atoms with Crippen molar-refractivity contribution in [2.24, 2.45) is 7.05 Å². The number of benzene rings is 1. The number of fused-ring (bicyclic) bond motifs is 3. The van der Waals surface area contributed by atoms with Gasteiger partial charge in [0.05, 0.1) is 12.3 Å². The maximum absolute atomic E-state index is 12.6. The standard InChI is InChI=1S/C18H20N4O3/c1-21-18(24)17-14(10-20-21)13-6-2-3-7-15(13)22(17)11-16(23)19-9-12-5-4-8-25-12/h2-3,6-7,10,12H,4-5,8-9,11H2,1H3,(H,19,23)/t12-/m1/s1.